The van der Waals surface area contributed by atoms with E-state index in [-0.39, 0.29) is 5.54 Å². The minimum atomic E-state index is -0.0981. The van der Waals surface area contributed by atoms with E-state index < -0.39 is 0 Å². The van der Waals surface area contributed by atoms with Gasteiger partial charge >= 0.3 is 0 Å². The van der Waals surface area contributed by atoms with Crippen LogP contribution in [0.5, 0.6) is 0 Å². The Morgan fingerprint density at radius 1 is 0.947 bits per heavy atom. The zero-order valence-corrected chi connectivity index (χ0v) is 13.3. The number of rotatable bonds is 2. The van der Waals surface area contributed by atoms with E-state index in [1.165, 1.54) is 12.0 Å². The lowest BCUT2D eigenvalue weighted by atomic mass is 9.57. The third-order valence-corrected chi connectivity index (χ3v) is 4.34. The Hall–Kier alpha value is -0.530. The van der Waals surface area contributed by atoms with E-state index in [1.807, 2.05) is 12.1 Å². The molecule has 1 aliphatic carbocycles. The molecule has 1 fully saturated rings. The minimum Gasteiger partial charge on any atom is -0.325 e. The van der Waals surface area contributed by atoms with Crippen LogP contribution >= 0.6 is 11.6 Å². The molecule has 0 spiro atoms. The van der Waals surface area contributed by atoms with Gasteiger partial charge in [0.2, 0.25) is 0 Å². The quantitative estimate of drug-likeness (QED) is 0.825. The molecule has 1 aliphatic rings. The highest BCUT2D eigenvalue weighted by Gasteiger charge is 2.45. The lowest BCUT2D eigenvalue weighted by Crippen LogP contribution is -2.53. The van der Waals surface area contributed by atoms with E-state index in [0.717, 1.165) is 24.3 Å². The summed E-state index contributed by atoms with van der Waals surface area (Å²) >= 11 is 5.95. The molecule has 2 rings (SSSR count). The molecule has 0 heterocycles. The largest absolute Gasteiger partial charge is 0.325 e. The van der Waals surface area contributed by atoms with Crippen LogP contribution in [0.25, 0.3) is 0 Å². The van der Waals surface area contributed by atoms with E-state index >= 15 is 0 Å². The Kier molecular flexibility index (Phi) is 3.75. The molecule has 0 amide bonds. The normalized spacial score (nSPS) is 24.1. The van der Waals surface area contributed by atoms with Crippen LogP contribution in [0.15, 0.2) is 24.3 Å². The Morgan fingerprint density at radius 2 is 1.42 bits per heavy atom. The zero-order valence-electron chi connectivity index (χ0n) is 12.6. The molecule has 106 valence electrons. The Morgan fingerprint density at radius 3 is 1.89 bits per heavy atom. The predicted molar refractivity (Wildman–Crippen MR) is 83.5 cm³/mol. The lowest BCUT2D eigenvalue weighted by Gasteiger charge is -2.50. The third kappa shape index (κ3) is 3.97. The molecule has 0 unspecified atom stereocenters. The molecule has 1 nitrogen and oxygen atoms in total. The van der Waals surface area contributed by atoms with Gasteiger partial charge in [0.05, 0.1) is 0 Å². The van der Waals surface area contributed by atoms with Crippen LogP contribution in [-0.4, -0.2) is 5.54 Å². The Bertz CT molecular complexity index is 429. The maximum absolute atomic E-state index is 6.75. The van der Waals surface area contributed by atoms with Gasteiger partial charge in [-0.25, -0.2) is 0 Å². The first-order valence-electron chi connectivity index (χ1n) is 7.13. The molecule has 0 bridgehead atoms. The fraction of sp³-hybridized carbons (Fsp3) is 0.647. The summed E-state index contributed by atoms with van der Waals surface area (Å²) in [6.07, 6.45) is 4.37. The van der Waals surface area contributed by atoms with Crippen molar-refractivity contribution in [3.63, 3.8) is 0 Å². The molecule has 1 aromatic rings. The summed E-state index contributed by atoms with van der Waals surface area (Å²) < 4.78 is 0. The number of hydrogen-bond donors (Lipinski definition) is 1. The van der Waals surface area contributed by atoms with Crippen molar-refractivity contribution >= 4 is 11.6 Å². The highest BCUT2D eigenvalue weighted by molar-refractivity contribution is 6.30. The van der Waals surface area contributed by atoms with Gasteiger partial charge in [-0.1, -0.05) is 51.4 Å². The second kappa shape index (κ2) is 4.79. The van der Waals surface area contributed by atoms with Crippen LogP contribution in [0.3, 0.4) is 0 Å². The van der Waals surface area contributed by atoms with Gasteiger partial charge in [0.1, 0.15) is 0 Å². The molecule has 0 atom stereocenters. The van der Waals surface area contributed by atoms with Crippen molar-refractivity contribution in [2.45, 2.75) is 58.9 Å². The lowest BCUT2D eigenvalue weighted by molar-refractivity contribution is 0.0487. The van der Waals surface area contributed by atoms with Crippen LogP contribution in [0.2, 0.25) is 5.02 Å². The molecule has 0 aromatic heterocycles. The van der Waals surface area contributed by atoms with Crippen LogP contribution in [0.1, 0.15) is 52.5 Å². The van der Waals surface area contributed by atoms with Crippen molar-refractivity contribution in [3.8, 4) is 0 Å². The number of halogens is 1. The van der Waals surface area contributed by atoms with Crippen LogP contribution in [0, 0.1) is 10.8 Å². The van der Waals surface area contributed by atoms with Gasteiger partial charge in [-0.2, -0.15) is 0 Å². The van der Waals surface area contributed by atoms with E-state index in [9.17, 15) is 0 Å². The molecule has 1 aromatic carbocycles. The summed E-state index contributed by atoms with van der Waals surface area (Å²) in [6, 6.07) is 8.12. The van der Waals surface area contributed by atoms with Crippen molar-refractivity contribution in [1.82, 2.24) is 0 Å². The van der Waals surface area contributed by atoms with Crippen molar-refractivity contribution in [2.75, 3.05) is 0 Å². The Labute approximate surface area is 122 Å². The molecule has 0 aliphatic heterocycles. The minimum absolute atomic E-state index is 0.0981. The fourth-order valence-electron chi connectivity index (χ4n) is 4.52. The number of nitrogens with two attached hydrogens (primary N) is 1. The van der Waals surface area contributed by atoms with Gasteiger partial charge in [0.25, 0.3) is 0 Å². The standard InChI is InChI=1S/C17H26ClN/c1-15(2)10-16(3,4)12-17(19,11-15)9-13-5-7-14(18)8-6-13/h5-8H,9-12,19H2,1-4H3. The van der Waals surface area contributed by atoms with Crippen LogP contribution < -0.4 is 5.73 Å². The second-order valence-corrected chi connectivity index (χ2v) is 8.46. The topological polar surface area (TPSA) is 26.0 Å². The summed E-state index contributed by atoms with van der Waals surface area (Å²) in [7, 11) is 0. The van der Waals surface area contributed by atoms with Crippen molar-refractivity contribution in [3.05, 3.63) is 34.9 Å². The molecular formula is C17H26ClN. The van der Waals surface area contributed by atoms with E-state index in [0.29, 0.717) is 10.8 Å². The average molecular weight is 280 g/mol. The fourth-order valence-corrected chi connectivity index (χ4v) is 4.65. The maximum atomic E-state index is 6.75. The molecule has 2 heteroatoms. The first-order chi connectivity index (χ1) is 8.59. The molecule has 0 saturated heterocycles. The predicted octanol–water partition coefficient (Wildman–Crippen LogP) is 4.82. The van der Waals surface area contributed by atoms with Gasteiger partial charge < -0.3 is 5.73 Å². The monoisotopic (exact) mass is 279 g/mol. The molecule has 19 heavy (non-hydrogen) atoms. The van der Waals surface area contributed by atoms with Gasteiger partial charge in [-0.3, -0.25) is 0 Å². The smallest absolute Gasteiger partial charge is 0.0406 e. The molecule has 1 saturated carbocycles. The van der Waals surface area contributed by atoms with Crippen molar-refractivity contribution in [2.24, 2.45) is 16.6 Å². The zero-order chi connectivity index (χ0) is 14.3. The third-order valence-electron chi connectivity index (χ3n) is 4.09. The molecular weight excluding hydrogens is 254 g/mol. The number of benzene rings is 1. The van der Waals surface area contributed by atoms with Gasteiger partial charge in [0.15, 0.2) is 0 Å². The second-order valence-electron chi connectivity index (χ2n) is 8.02. The Balaban J connectivity index is 2.19. The van der Waals surface area contributed by atoms with Crippen LogP contribution in [-0.2, 0) is 6.42 Å². The highest BCUT2D eigenvalue weighted by atomic mass is 35.5. The first kappa shape index (κ1) is 14.9. The van der Waals surface area contributed by atoms with Crippen LogP contribution in [0.4, 0.5) is 0 Å². The van der Waals surface area contributed by atoms with Gasteiger partial charge in [-0.15, -0.1) is 0 Å². The highest BCUT2D eigenvalue weighted by Crippen LogP contribution is 2.50. The maximum Gasteiger partial charge on any atom is 0.0406 e. The van der Waals surface area contributed by atoms with E-state index in [4.69, 9.17) is 17.3 Å². The summed E-state index contributed by atoms with van der Waals surface area (Å²) in [5.41, 5.74) is 8.59. The van der Waals surface area contributed by atoms with E-state index in [2.05, 4.69) is 39.8 Å². The summed E-state index contributed by atoms with van der Waals surface area (Å²) in [4.78, 5) is 0. The van der Waals surface area contributed by atoms with Crippen molar-refractivity contribution < 1.29 is 0 Å². The van der Waals surface area contributed by atoms with Crippen molar-refractivity contribution in [1.29, 1.82) is 0 Å². The number of hydrogen-bond acceptors (Lipinski definition) is 1. The molecule has 0 radical (unpaired) electrons. The van der Waals surface area contributed by atoms with Gasteiger partial charge in [0, 0.05) is 10.6 Å². The summed E-state index contributed by atoms with van der Waals surface area (Å²) in [5, 5.41) is 0.791. The summed E-state index contributed by atoms with van der Waals surface area (Å²) in [6.45, 7) is 9.38. The van der Waals surface area contributed by atoms with Gasteiger partial charge in [-0.05, 0) is 54.2 Å². The molecule has 2 N–H and O–H groups in total. The van der Waals surface area contributed by atoms with E-state index in [1.54, 1.807) is 0 Å². The summed E-state index contributed by atoms with van der Waals surface area (Å²) in [5.74, 6) is 0. The average Bonchev–Trinajstić information content (AvgIpc) is 2.15. The SMILES string of the molecule is CC1(C)CC(C)(C)CC(N)(Cc2ccc(Cl)cc2)C1. The first-order valence-corrected chi connectivity index (χ1v) is 7.51.